The number of hydrogen-bond donors (Lipinski definition) is 0. The van der Waals surface area contributed by atoms with Crippen LogP contribution in [0, 0.1) is 0 Å². The topological polar surface area (TPSA) is 52.6 Å². The van der Waals surface area contributed by atoms with Crippen molar-refractivity contribution in [3.8, 4) is 0 Å². The Kier molecular flexibility index (Phi) is 7.56. The molecule has 2 aromatic carbocycles. The highest BCUT2D eigenvalue weighted by molar-refractivity contribution is 5.81. The monoisotopic (exact) mass is 364 g/mol. The molecule has 0 heterocycles. The minimum atomic E-state index is -0.427. The lowest BCUT2D eigenvalue weighted by Crippen LogP contribution is -2.03. The summed E-state index contributed by atoms with van der Waals surface area (Å²) < 4.78 is 10.1. The molecule has 0 aliphatic heterocycles. The van der Waals surface area contributed by atoms with Crippen molar-refractivity contribution in [3.63, 3.8) is 0 Å². The summed E-state index contributed by atoms with van der Waals surface area (Å²) in [5, 5.41) is 0. The third-order valence-corrected chi connectivity index (χ3v) is 4.27. The largest absolute Gasteiger partial charge is 0.458 e. The highest BCUT2D eigenvalue weighted by Gasteiger charge is 2.12. The van der Waals surface area contributed by atoms with Gasteiger partial charge in [-0.05, 0) is 28.7 Å². The molecule has 2 rings (SSSR count). The number of rotatable bonds is 9. The van der Waals surface area contributed by atoms with Crippen LogP contribution in [0.5, 0.6) is 0 Å². The van der Waals surface area contributed by atoms with Crippen molar-refractivity contribution in [3.05, 3.63) is 96.1 Å². The lowest BCUT2D eigenvalue weighted by Gasteiger charge is -2.17. The number of hydrogen-bond acceptors (Lipinski definition) is 4. The molecule has 0 radical (unpaired) electrons. The van der Waals surface area contributed by atoms with Crippen LogP contribution in [0.25, 0.3) is 0 Å². The fourth-order valence-electron chi connectivity index (χ4n) is 2.78. The molecule has 0 saturated heterocycles. The first-order chi connectivity index (χ1) is 13.1. The Hall–Kier alpha value is -3.14. The van der Waals surface area contributed by atoms with E-state index in [-0.39, 0.29) is 19.1 Å². The van der Waals surface area contributed by atoms with E-state index in [2.05, 4.69) is 44.3 Å². The molecule has 0 saturated carbocycles. The molecule has 27 heavy (non-hydrogen) atoms. The summed E-state index contributed by atoms with van der Waals surface area (Å²) in [7, 11) is 0. The van der Waals surface area contributed by atoms with Crippen molar-refractivity contribution in [1.29, 1.82) is 0 Å². The molecule has 0 aliphatic carbocycles. The summed E-state index contributed by atoms with van der Waals surface area (Å²) in [4.78, 5) is 22.3. The minimum absolute atomic E-state index is 0.236. The van der Waals surface area contributed by atoms with Crippen LogP contribution < -0.4 is 0 Å². The van der Waals surface area contributed by atoms with Gasteiger partial charge in [0.05, 0.1) is 0 Å². The Morgan fingerprint density at radius 2 is 1.19 bits per heavy atom. The maximum absolute atomic E-state index is 11.1. The van der Waals surface area contributed by atoms with Gasteiger partial charge in [0.25, 0.3) is 0 Å². The van der Waals surface area contributed by atoms with Crippen molar-refractivity contribution in [2.45, 2.75) is 32.5 Å². The number of benzene rings is 2. The van der Waals surface area contributed by atoms with Gasteiger partial charge >= 0.3 is 11.9 Å². The molecule has 140 valence electrons. The Labute approximate surface area is 160 Å². The van der Waals surface area contributed by atoms with E-state index in [4.69, 9.17) is 9.47 Å². The first-order valence-electron chi connectivity index (χ1n) is 8.83. The molecule has 0 N–H and O–H groups in total. The smallest absolute Gasteiger partial charge is 0.330 e. The summed E-state index contributed by atoms with van der Waals surface area (Å²) >= 11 is 0. The van der Waals surface area contributed by atoms with E-state index in [1.807, 2.05) is 24.3 Å². The Balaban J connectivity index is 2.05. The molecule has 0 atom stereocenters. The third-order valence-electron chi connectivity index (χ3n) is 4.27. The van der Waals surface area contributed by atoms with Gasteiger partial charge in [0.15, 0.2) is 0 Å². The van der Waals surface area contributed by atoms with Gasteiger partial charge in [-0.3, -0.25) is 0 Å². The fraction of sp³-hybridized carbons (Fsp3) is 0.217. The van der Waals surface area contributed by atoms with E-state index in [1.165, 1.54) is 11.1 Å². The van der Waals surface area contributed by atoms with E-state index in [0.29, 0.717) is 0 Å². The van der Waals surface area contributed by atoms with Gasteiger partial charge in [-0.2, -0.15) is 0 Å². The summed E-state index contributed by atoms with van der Waals surface area (Å²) in [6, 6.07) is 16.1. The average Bonchev–Trinajstić information content (AvgIpc) is 2.72. The lowest BCUT2D eigenvalue weighted by molar-refractivity contribution is -0.139. The minimum Gasteiger partial charge on any atom is -0.458 e. The number of carbonyl (C=O) groups is 2. The summed E-state index contributed by atoms with van der Waals surface area (Å²) in [6.07, 6.45) is 3.27. The van der Waals surface area contributed by atoms with Gasteiger partial charge in [0.2, 0.25) is 0 Å². The van der Waals surface area contributed by atoms with Gasteiger partial charge < -0.3 is 9.47 Å². The molecule has 0 aromatic heterocycles. The summed E-state index contributed by atoms with van der Waals surface area (Å²) in [6.45, 7) is 9.38. The van der Waals surface area contributed by atoms with Crippen LogP contribution >= 0.6 is 0 Å². The van der Waals surface area contributed by atoms with E-state index >= 15 is 0 Å². The molecule has 4 nitrogen and oxygen atoms in total. The Morgan fingerprint density at radius 3 is 1.48 bits per heavy atom. The highest BCUT2D eigenvalue weighted by Crippen LogP contribution is 2.28. The van der Waals surface area contributed by atoms with Crippen LogP contribution in [0.1, 0.15) is 41.5 Å². The zero-order chi connectivity index (χ0) is 19.6. The standard InChI is InChI=1S/C23H24O4/c1-4-21(19-11-7-17(8-12-19)15-26-22(24)5-2)20-13-9-18(10-14-20)16-27-23(25)6-3/h5-14,21H,2-4,15-16H2,1H3. The molecule has 0 unspecified atom stereocenters. The molecule has 0 amide bonds. The van der Waals surface area contributed by atoms with Gasteiger partial charge in [-0.25, -0.2) is 9.59 Å². The van der Waals surface area contributed by atoms with E-state index in [1.54, 1.807) is 0 Å². The third kappa shape index (κ3) is 5.96. The molecular formula is C23H24O4. The number of esters is 2. The van der Waals surface area contributed by atoms with Crippen molar-refractivity contribution in [1.82, 2.24) is 0 Å². The molecular weight excluding hydrogens is 340 g/mol. The fourth-order valence-corrected chi connectivity index (χ4v) is 2.78. The molecule has 2 aromatic rings. The van der Waals surface area contributed by atoms with Crippen LogP contribution in [-0.2, 0) is 32.3 Å². The van der Waals surface area contributed by atoms with Crippen LogP contribution in [0.3, 0.4) is 0 Å². The van der Waals surface area contributed by atoms with Crippen molar-refractivity contribution >= 4 is 11.9 Å². The van der Waals surface area contributed by atoms with Gasteiger partial charge in [0.1, 0.15) is 13.2 Å². The van der Waals surface area contributed by atoms with Crippen LogP contribution in [0.4, 0.5) is 0 Å². The number of carbonyl (C=O) groups excluding carboxylic acids is 2. The van der Waals surface area contributed by atoms with Crippen molar-refractivity contribution < 1.29 is 19.1 Å². The van der Waals surface area contributed by atoms with Crippen molar-refractivity contribution in [2.24, 2.45) is 0 Å². The van der Waals surface area contributed by atoms with E-state index < -0.39 is 11.9 Å². The summed E-state index contributed by atoms with van der Waals surface area (Å²) in [5.74, 6) is -0.590. The second kappa shape index (κ2) is 10.1. The number of ether oxygens (including phenoxy) is 2. The van der Waals surface area contributed by atoms with Crippen LogP contribution in [-0.4, -0.2) is 11.9 Å². The van der Waals surface area contributed by atoms with Crippen LogP contribution in [0.2, 0.25) is 0 Å². The maximum atomic E-state index is 11.1. The molecule has 0 bridgehead atoms. The zero-order valence-electron chi connectivity index (χ0n) is 15.5. The molecule has 0 fully saturated rings. The first-order valence-corrected chi connectivity index (χ1v) is 8.83. The Morgan fingerprint density at radius 1 is 0.815 bits per heavy atom. The Bertz CT molecular complexity index is 721. The van der Waals surface area contributed by atoms with Gasteiger partial charge in [-0.1, -0.05) is 68.6 Å². The SMILES string of the molecule is C=CC(=O)OCc1ccc(C(CC)c2ccc(COC(=O)C=C)cc2)cc1. The normalized spacial score (nSPS) is 10.3. The second-order valence-electron chi connectivity index (χ2n) is 6.07. The zero-order valence-corrected chi connectivity index (χ0v) is 15.5. The summed E-state index contributed by atoms with van der Waals surface area (Å²) in [5.41, 5.74) is 4.26. The molecule has 0 spiro atoms. The predicted octanol–water partition coefficient (Wildman–Crippen LogP) is 4.69. The van der Waals surface area contributed by atoms with E-state index in [0.717, 1.165) is 29.7 Å². The van der Waals surface area contributed by atoms with E-state index in [9.17, 15) is 9.59 Å². The van der Waals surface area contributed by atoms with Gasteiger partial charge in [-0.15, -0.1) is 0 Å². The molecule has 4 heteroatoms. The predicted molar refractivity (Wildman–Crippen MR) is 105 cm³/mol. The van der Waals surface area contributed by atoms with Crippen LogP contribution in [0.15, 0.2) is 73.8 Å². The average molecular weight is 364 g/mol. The lowest BCUT2D eigenvalue weighted by atomic mass is 9.88. The maximum Gasteiger partial charge on any atom is 0.330 e. The quantitative estimate of drug-likeness (QED) is 0.479. The second-order valence-corrected chi connectivity index (χ2v) is 6.07. The van der Waals surface area contributed by atoms with Crippen molar-refractivity contribution in [2.75, 3.05) is 0 Å². The highest BCUT2D eigenvalue weighted by atomic mass is 16.5. The molecule has 0 aliphatic rings. The van der Waals surface area contributed by atoms with Gasteiger partial charge in [0, 0.05) is 18.1 Å². The first kappa shape index (κ1) is 20.2.